The lowest BCUT2D eigenvalue weighted by molar-refractivity contribution is 0.233. The maximum Gasteiger partial charge on any atom is 0.0949 e. The zero-order valence-electron chi connectivity index (χ0n) is 7.12. The summed E-state index contributed by atoms with van der Waals surface area (Å²) in [6.07, 6.45) is 2.70. The van der Waals surface area contributed by atoms with Gasteiger partial charge in [0.05, 0.1) is 18.6 Å². The molecule has 0 aliphatic carbocycles. The summed E-state index contributed by atoms with van der Waals surface area (Å²) >= 11 is 0. The molecule has 1 aliphatic heterocycles. The Bertz CT molecular complexity index is 282. The van der Waals surface area contributed by atoms with E-state index in [1.807, 2.05) is 17.9 Å². The molecule has 1 aliphatic rings. The minimum atomic E-state index is 0.199. The van der Waals surface area contributed by atoms with Crippen molar-refractivity contribution in [3.8, 4) is 0 Å². The molecule has 2 N–H and O–H groups in total. The molecule has 1 aromatic rings. The fourth-order valence-electron chi connectivity index (χ4n) is 1.59. The summed E-state index contributed by atoms with van der Waals surface area (Å²) in [4.78, 5) is 4.24. The fraction of sp³-hybridized carbons (Fsp3) is 0.625. The molecule has 0 fully saturated rings. The van der Waals surface area contributed by atoms with E-state index in [2.05, 4.69) is 10.3 Å². The number of aliphatic hydroxyl groups is 1. The van der Waals surface area contributed by atoms with Gasteiger partial charge in [-0.05, 0) is 0 Å². The monoisotopic (exact) mass is 167 g/mol. The lowest BCUT2D eigenvalue weighted by atomic mass is 10.1. The number of nitrogens with one attached hydrogen (secondary N) is 1. The van der Waals surface area contributed by atoms with Crippen molar-refractivity contribution in [2.24, 2.45) is 7.05 Å². The van der Waals surface area contributed by atoms with Crippen LogP contribution in [0.5, 0.6) is 0 Å². The number of fused-ring (bicyclic) bond motifs is 1. The standard InChI is InChI=1S/C8H13N3O/c1-11-5-10-7-3-9-6(4-12)2-8(7)11/h5-6,9,12H,2-4H2,1H3. The normalized spacial score (nSPS) is 22.3. The molecular formula is C8H13N3O. The minimum absolute atomic E-state index is 0.199. The van der Waals surface area contributed by atoms with Crippen molar-refractivity contribution in [2.75, 3.05) is 6.61 Å². The Balaban J connectivity index is 2.26. The first-order valence-electron chi connectivity index (χ1n) is 4.14. The molecule has 4 nitrogen and oxygen atoms in total. The Morgan fingerprint density at radius 1 is 1.83 bits per heavy atom. The quantitative estimate of drug-likeness (QED) is 0.588. The van der Waals surface area contributed by atoms with Gasteiger partial charge < -0.3 is 15.0 Å². The molecule has 0 bridgehead atoms. The molecule has 1 unspecified atom stereocenters. The zero-order chi connectivity index (χ0) is 8.55. The highest BCUT2D eigenvalue weighted by Gasteiger charge is 2.20. The Morgan fingerprint density at radius 2 is 2.67 bits per heavy atom. The number of hydrogen-bond donors (Lipinski definition) is 2. The van der Waals surface area contributed by atoms with Crippen LogP contribution in [0.1, 0.15) is 11.4 Å². The Labute approximate surface area is 71.2 Å². The summed E-state index contributed by atoms with van der Waals surface area (Å²) in [5, 5.41) is 12.2. The van der Waals surface area contributed by atoms with Crippen LogP contribution in [-0.4, -0.2) is 27.3 Å². The van der Waals surface area contributed by atoms with Crippen LogP contribution in [0.4, 0.5) is 0 Å². The van der Waals surface area contributed by atoms with Gasteiger partial charge in [0, 0.05) is 31.7 Å². The van der Waals surface area contributed by atoms with Crippen molar-refractivity contribution in [1.29, 1.82) is 0 Å². The second-order valence-electron chi connectivity index (χ2n) is 3.21. The first-order chi connectivity index (χ1) is 5.81. The fourth-order valence-corrected chi connectivity index (χ4v) is 1.59. The number of nitrogens with zero attached hydrogens (tertiary/aromatic N) is 2. The molecule has 66 valence electrons. The molecule has 1 atom stereocenters. The maximum absolute atomic E-state index is 8.95. The summed E-state index contributed by atoms with van der Waals surface area (Å²) in [5.74, 6) is 0. The molecule has 0 saturated heterocycles. The Hall–Kier alpha value is -0.870. The molecule has 0 spiro atoms. The van der Waals surface area contributed by atoms with E-state index >= 15 is 0 Å². The average Bonchev–Trinajstić information content (AvgIpc) is 2.47. The molecule has 1 aromatic heterocycles. The third-order valence-electron chi connectivity index (χ3n) is 2.36. The number of aromatic nitrogens is 2. The first kappa shape index (κ1) is 7.76. The number of rotatable bonds is 1. The van der Waals surface area contributed by atoms with Gasteiger partial charge in [-0.3, -0.25) is 0 Å². The van der Waals surface area contributed by atoms with Crippen molar-refractivity contribution in [2.45, 2.75) is 19.0 Å². The van der Waals surface area contributed by atoms with Gasteiger partial charge in [0.2, 0.25) is 0 Å². The highest BCUT2D eigenvalue weighted by molar-refractivity contribution is 5.17. The van der Waals surface area contributed by atoms with Crippen LogP contribution in [0.2, 0.25) is 0 Å². The molecular weight excluding hydrogens is 154 g/mol. The number of hydrogen-bond acceptors (Lipinski definition) is 3. The molecule has 4 heteroatoms. The van der Waals surface area contributed by atoms with Gasteiger partial charge in [0.25, 0.3) is 0 Å². The molecule has 0 amide bonds. The predicted octanol–water partition coefficient (Wildman–Crippen LogP) is -0.573. The summed E-state index contributed by atoms with van der Waals surface area (Å²) in [6.45, 7) is 0.978. The van der Waals surface area contributed by atoms with E-state index in [-0.39, 0.29) is 12.6 Å². The summed E-state index contributed by atoms with van der Waals surface area (Å²) in [6, 6.07) is 0.202. The van der Waals surface area contributed by atoms with Crippen molar-refractivity contribution < 1.29 is 5.11 Å². The smallest absolute Gasteiger partial charge is 0.0949 e. The Morgan fingerprint density at radius 3 is 3.42 bits per heavy atom. The van der Waals surface area contributed by atoms with Crippen LogP contribution in [0.3, 0.4) is 0 Å². The van der Waals surface area contributed by atoms with E-state index in [0.29, 0.717) is 0 Å². The van der Waals surface area contributed by atoms with Crippen molar-refractivity contribution in [3.63, 3.8) is 0 Å². The SMILES string of the molecule is Cn1cnc2c1CC(CO)NC2. The summed E-state index contributed by atoms with van der Waals surface area (Å²) in [7, 11) is 1.99. The number of aliphatic hydroxyl groups excluding tert-OH is 1. The van der Waals surface area contributed by atoms with Crippen LogP contribution in [0.15, 0.2) is 6.33 Å². The van der Waals surface area contributed by atoms with Crippen LogP contribution in [0.25, 0.3) is 0 Å². The van der Waals surface area contributed by atoms with Crippen molar-refractivity contribution >= 4 is 0 Å². The van der Waals surface area contributed by atoms with Gasteiger partial charge in [-0.1, -0.05) is 0 Å². The van der Waals surface area contributed by atoms with Gasteiger partial charge >= 0.3 is 0 Å². The first-order valence-corrected chi connectivity index (χ1v) is 4.14. The molecule has 2 rings (SSSR count). The lowest BCUT2D eigenvalue weighted by Gasteiger charge is -2.21. The second-order valence-corrected chi connectivity index (χ2v) is 3.21. The van der Waals surface area contributed by atoms with E-state index in [9.17, 15) is 0 Å². The van der Waals surface area contributed by atoms with E-state index in [1.54, 1.807) is 0 Å². The Kier molecular flexibility index (Phi) is 1.86. The topological polar surface area (TPSA) is 50.1 Å². The highest BCUT2D eigenvalue weighted by Crippen LogP contribution is 2.13. The third-order valence-corrected chi connectivity index (χ3v) is 2.36. The summed E-state index contributed by atoms with van der Waals surface area (Å²) < 4.78 is 2.03. The van der Waals surface area contributed by atoms with Gasteiger partial charge in [-0.2, -0.15) is 0 Å². The van der Waals surface area contributed by atoms with E-state index in [0.717, 1.165) is 18.7 Å². The van der Waals surface area contributed by atoms with E-state index in [4.69, 9.17) is 5.11 Å². The second kappa shape index (κ2) is 2.88. The minimum Gasteiger partial charge on any atom is -0.395 e. The van der Waals surface area contributed by atoms with Crippen LogP contribution < -0.4 is 5.32 Å². The van der Waals surface area contributed by atoms with Gasteiger partial charge in [-0.15, -0.1) is 0 Å². The molecule has 0 aromatic carbocycles. The van der Waals surface area contributed by atoms with Crippen LogP contribution >= 0.6 is 0 Å². The maximum atomic E-state index is 8.95. The zero-order valence-corrected chi connectivity index (χ0v) is 7.12. The van der Waals surface area contributed by atoms with E-state index in [1.165, 1.54) is 5.69 Å². The molecule has 0 radical (unpaired) electrons. The van der Waals surface area contributed by atoms with Gasteiger partial charge in [-0.25, -0.2) is 4.98 Å². The van der Waals surface area contributed by atoms with E-state index < -0.39 is 0 Å². The third kappa shape index (κ3) is 1.13. The van der Waals surface area contributed by atoms with Gasteiger partial charge in [0.15, 0.2) is 0 Å². The summed E-state index contributed by atoms with van der Waals surface area (Å²) in [5.41, 5.74) is 2.36. The van der Waals surface area contributed by atoms with Gasteiger partial charge in [0.1, 0.15) is 0 Å². The molecule has 12 heavy (non-hydrogen) atoms. The number of aryl methyl sites for hydroxylation is 1. The van der Waals surface area contributed by atoms with Crippen LogP contribution in [0, 0.1) is 0 Å². The number of imidazole rings is 1. The lowest BCUT2D eigenvalue weighted by Crippen LogP contribution is -2.38. The predicted molar refractivity (Wildman–Crippen MR) is 44.6 cm³/mol. The largest absolute Gasteiger partial charge is 0.395 e. The van der Waals surface area contributed by atoms with Crippen molar-refractivity contribution in [3.05, 3.63) is 17.7 Å². The highest BCUT2D eigenvalue weighted by atomic mass is 16.3. The molecule has 0 saturated carbocycles. The molecule has 2 heterocycles. The average molecular weight is 167 g/mol. The van der Waals surface area contributed by atoms with Crippen molar-refractivity contribution in [1.82, 2.24) is 14.9 Å². The van der Waals surface area contributed by atoms with Crippen LogP contribution in [-0.2, 0) is 20.0 Å².